The van der Waals surface area contributed by atoms with Gasteiger partial charge in [0.15, 0.2) is 5.13 Å². The second-order valence-corrected chi connectivity index (χ2v) is 11.4. The minimum atomic E-state index is -1.46. The highest BCUT2D eigenvalue weighted by Gasteiger charge is 2.54. The smallest absolute Gasteiger partial charge is 0.353 e. The number of thiazole rings is 1. The van der Waals surface area contributed by atoms with Crippen molar-refractivity contribution >= 4 is 69.5 Å². The molecule has 6 N–H and O–H groups in total. The molecule has 1 fully saturated rings. The Balaban J connectivity index is 1.52. The molecule has 4 rings (SSSR count). The van der Waals surface area contributed by atoms with Crippen LogP contribution >= 0.6 is 46.6 Å². The zero-order chi connectivity index (χ0) is 25.1. The third kappa shape index (κ3) is 5.16. The van der Waals surface area contributed by atoms with Gasteiger partial charge in [-0.15, -0.1) is 39.8 Å². The summed E-state index contributed by atoms with van der Waals surface area (Å²) in [5.41, 5.74) is 11.1. The predicted molar refractivity (Wildman–Crippen MR) is 135 cm³/mol. The third-order valence-electron chi connectivity index (χ3n) is 4.96. The molecule has 2 aliphatic rings. The second-order valence-electron chi connectivity index (χ2n) is 7.15. The van der Waals surface area contributed by atoms with Crippen LogP contribution in [0.4, 0.5) is 5.13 Å². The number of rotatable bonds is 10. The van der Waals surface area contributed by atoms with E-state index in [1.165, 1.54) is 45.6 Å². The van der Waals surface area contributed by atoms with Gasteiger partial charge in [-0.05, 0) is 11.2 Å². The number of pyridine rings is 1. The Morgan fingerprint density at radius 3 is 2.86 bits per heavy atom. The van der Waals surface area contributed by atoms with E-state index in [0.717, 1.165) is 21.1 Å². The lowest BCUT2D eigenvalue weighted by Gasteiger charge is -2.49. The summed E-state index contributed by atoms with van der Waals surface area (Å²) in [5.74, 6) is -1.64. The lowest BCUT2D eigenvalue weighted by molar-refractivity contribution is -0.150. The number of nitrogens with zero attached hydrogens (tertiary/aromatic N) is 4. The maximum atomic E-state index is 12.9. The molecule has 3 atom stereocenters. The molecule has 2 amide bonds. The number of carbonyl (C=O) groups excluding carboxylic acids is 2. The van der Waals surface area contributed by atoms with E-state index in [-0.39, 0.29) is 16.5 Å². The van der Waals surface area contributed by atoms with Gasteiger partial charge < -0.3 is 21.9 Å². The fourth-order valence-electron chi connectivity index (χ4n) is 3.43. The number of carbonyl (C=O) groups is 3. The first-order chi connectivity index (χ1) is 16.8. The summed E-state index contributed by atoms with van der Waals surface area (Å²) < 4.78 is 0. The van der Waals surface area contributed by atoms with E-state index in [0.29, 0.717) is 23.0 Å². The fraction of sp³-hybridized carbons (Fsp3) is 0.316. The van der Waals surface area contributed by atoms with Gasteiger partial charge in [0, 0.05) is 50.5 Å². The van der Waals surface area contributed by atoms with E-state index in [1.54, 1.807) is 18.5 Å². The summed E-state index contributed by atoms with van der Waals surface area (Å²) in [5, 5.41) is 16.2. The highest BCUT2D eigenvalue weighted by Crippen LogP contribution is 2.46. The number of fused-ring (bicyclic) bond motifs is 1. The molecule has 1 saturated heterocycles. The van der Waals surface area contributed by atoms with Gasteiger partial charge in [0.2, 0.25) is 6.04 Å². The minimum absolute atomic E-state index is 0.0883. The van der Waals surface area contributed by atoms with Gasteiger partial charge in [-0.1, -0.05) is 11.8 Å². The number of carboxylic acids is 1. The van der Waals surface area contributed by atoms with Crippen molar-refractivity contribution in [2.24, 2.45) is 10.9 Å². The van der Waals surface area contributed by atoms with Crippen molar-refractivity contribution in [3.8, 4) is 0 Å². The fourth-order valence-corrected chi connectivity index (χ4v) is 7.46. The second kappa shape index (κ2) is 10.9. The average molecular weight is 554 g/mol. The Morgan fingerprint density at radius 2 is 2.20 bits per heavy atom. The van der Waals surface area contributed by atoms with Crippen LogP contribution in [-0.2, 0) is 14.4 Å². The van der Waals surface area contributed by atoms with E-state index in [1.807, 2.05) is 0 Å². The van der Waals surface area contributed by atoms with E-state index in [2.05, 4.69) is 20.5 Å². The van der Waals surface area contributed by atoms with Crippen LogP contribution in [0, 0.1) is 4.91 Å². The molecule has 0 aliphatic carbocycles. The average Bonchev–Trinajstić information content (AvgIpc) is 3.27. The molecule has 0 bridgehead atoms. The Morgan fingerprint density at radius 1 is 1.40 bits per heavy atom. The van der Waals surface area contributed by atoms with Crippen molar-refractivity contribution in [2.45, 2.75) is 27.2 Å². The van der Waals surface area contributed by atoms with Crippen LogP contribution in [0.25, 0.3) is 0 Å². The molecular weight excluding hydrogens is 535 g/mol. The van der Waals surface area contributed by atoms with Gasteiger partial charge in [-0.25, -0.2) is 9.78 Å². The van der Waals surface area contributed by atoms with Crippen LogP contribution in [0.5, 0.6) is 0 Å². The number of anilines is 1. The topological polar surface area (TPSA) is 194 Å². The van der Waals surface area contributed by atoms with Gasteiger partial charge in [0.05, 0.1) is 5.69 Å². The maximum absolute atomic E-state index is 12.9. The normalized spacial score (nSPS) is 20.1. The lowest BCUT2D eigenvalue weighted by atomic mass is 10.0. The van der Waals surface area contributed by atoms with Gasteiger partial charge in [0.25, 0.3) is 11.8 Å². The number of thioether (sulfide) groups is 3. The number of nitrogen functional groups attached to an aromatic ring is 1. The van der Waals surface area contributed by atoms with Gasteiger partial charge in [0.1, 0.15) is 17.1 Å². The molecule has 184 valence electrons. The number of amides is 2. The Kier molecular flexibility index (Phi) is 7.95. The molecule has 4 heterocycles. The zero-order valence-corrected chi connectivity index (χ0v) is 21.1. The number of hydrogen-bond acceptors (Lipinski definition) is 13. The summed E-state index contributed by atoms with van der Waals surface area (Å²) in [6, 6.07) is -0.674. The van der Waals surface area contributed by atoms with E-state index >= 15 is 0 Å². The van der Waals surface area contributed by atoms with Crippen LogP contribution < -0.4 is 16.8 Å². The maximum Gasteiger partial charge on any atom is 0.353 e. The lowest BCUT2D eigenvalue weighted by Crippen LogP contribution is -2.70. The van der Waals surface area contributed by atoms with E-state index < -0.39 is 35.2 Å². The number of hydrogen-bond donors (Lipinski definition) is 4. The van der Waals surface area contributed by atoms with Crippen LogP contribution in [0.15, 0.2) is 49.4 Å². The quantitative estimate of drug-likeness (QED) is 0.188. The van der Waals surface area contributed by atoms with Gasteiger partial charge >= 0.3 is 5.97 Å². The monoisotopic (exact) mass is 553 g/mol. The van der Waals surface area contributed by atoms with Crippen LogP contribution in [0.3, 0.4) is 0 Å². The largest absolute Gasteiger partial charge is 0.477 e. The van der Waals surface area contributed by atoms with E-state index in [4.69, 9.17) is 11.5 Å². The molecule has 0 radical (unpaired) electrons. The molecule has 0 saturated carbocycles. The molecule has 16 heteroatoms. The molecule has 0 aromatic carbocycles. The number of nitroso groups, excluding NO2 is 1. The first-order valence-electron chi connectivity index (χ1n) is 10.0. The number of aromatic nitrogens is 2. The third-order valence-corrected chi connectivity index (χ3v) is 9.48. The Bertz CT molecular complexity index is 1210. The summed E-state index contributed by atoms with van der Waals surface area (Å²) in [7, 11) is 0. The van der Waals surface area contributed by atoms with Crippen molar-refractivity contribution in [3.63, 3.8) is 0 Å². The molecule has 35 heavy (non-hydrogen) atoms. The molecule has 12 nitrogen and oxygen atoms in total. The Hall–Kier alpha value is -2.66. The SMILES string of the molecule is NCCSc1cnccc1SC1=C(C(=O)O)N2C(=O)[C@@H](NC(=O)C(N=O)c3csc(N)n3)[C@@H]2SC1. The molecular formula is C19H19N7O5S4. The van der Waals surface area contributed by atoms with Crippen molar-refractivity contribution in [3.05, 3.63) is 45.0 Å². The first kappa shape index (κ1) is 25.4. The predicted octanol–water partition coefficient (Wildman–Crippen LogP) is 1.47. The van der Waals surface area contributed by atoms with Crippen molar-refractivity contribution in [1.82, 2.24) is 20.2 Å². The summed E-state index contributed by atoms with van der Waals surface area (Å²) >= 11 is 5.15. The standard InChI is InChI=1S/C19H19N7O5S4/c20-2-4-32-10-5-22-3-1-9(10)35-11-7-33-17-13(16(28)26(17)14(11)18(29)30)24-15(27)12(25-31)8-6-34-19(21)23-8/h1,3,5-6,12-13,17H,2,4,7,20H2,(H2,21,23)(H,24,27)(H,29,30)/t12?,13-,17+/m1/s1. The molecule has 2 aromatic rings. The highest BCUT2D eigenvalue weighted by atomic mass is 32.2. The minimum Gasteiger partial charge on any atom is -0.477 e. The van der Waals surface area contributed by atoms with Crippen molar-refractivity contribution in [2.75, 3.05) is 23.8 Å². The van der Waals surface area contributed by atoms with Crippen LogP contribution in [0.1, 0.15) is 11.7 Å². The van der Waals surface area contributed by atoms with E-state index in [9.17, 15) is 24.4 Å². The number of β-lactam (4-membered cyclic amide) rings is 1. The van der Waals surface area contributed by atoms with Gasteiger partial charge in [-0.3, -0.25) is 19.5 Å². The molecule has 1 unspecified atom stereocenters. The van der Waals surface area contributed by atoms with Crippen LogP contribution in [-0.4, -0.2) is 67.2 Å². The van der Waals surface area contributed by atoms with Crippen molar-refractivity contribution in [1.29, 1.82) is 0 Å². The summed E-state index contributed by atoms with van der Waals surface area (Å²) in [4.78, 5) is 60.4. The first-order valence-corrected chi connectivity index (χ1v) is 13.8. The molecule has 2 aliphatic heterocycles. The van der Waals surface area contributed by atoms with Crippen molar-refractivity contribution < 1.29 is 19.5 Å². The number of nitrogens with two attached hydrogens (primary N) is 2. The van der Waals surface area contributed by atoms with Gasteiger partial charge in [-0.2, -0.15) is 0 Å². The number of carboxylic acid groups (broad SMARTS) is 1. The van der Waals surface area contributed by atoms with Crippen LogP contribution in [0.2, 0.25) is 0 Å². The molecule has 0 spiro atoms. The number of aliphatic carboxylic acids is 1. The molecule has 2 aromatic heterocycles. The summed E-state index contributed by atoms with van der Waals surface area (Å²) in [6.45, 7) is 0.482. The number of nitrogens with one attached hydrogen (secondary N) is 1. The Labute approximate surface area is 215 Å². The summed E-state index contributed by atoms with van der Waals surface area (Å²) in [6.07, 6.45) is 3.30. The zero-order valence-electron chi connectivity index (χ0n) is 17.8. The highest BCUT2D eigenvalue weighted by molar-refractivity contribution is 8.07.